The zero-order chi connectivity index (χ0) is 25.0. The fourth-order valence-electron chi connectivity index (χ4n) is 4.40. The molecule has 2 fully saturated rings. The van der Waals surface area contributed by atoms with E-state index in [-0.39, 0.29) is 6.10 Å². The number of ether oxygens (including phenoxy) is 1. The van der Waals surface area contributed by atoms with E-state index in [1.54, 1.807) is 0 Å². The highest BCUT2D eigenvalue weighted by molar-refractivity contribution is 5.91. The average Bonchev–Trinajstić information content (AvgIpc) is 3.60. The molecule has 186 valence electrons. The van der Waals surface area contributed by atoms with Crippen molar-refractivity contribution in [2.75, 3.05) is 24.6 Å². The first-order valence-electron chi connectivity index (χ1n) is 11.9. The molecule has 0 amide bonds. The molecule has 0 aromatic carbocycles. The van der Waals surface area contributed by atoms with Crippen molar-refractivity contribution >= 4 is 16.9 Å². The molecule has 0 spiro atoms. The average molecular weight is 496 g/mol. The number of morpholine rings is 1. The number of alkyl halides is 3. The molecular formula is C25H24F3N7O. The van der Waals surface area contributed by atoms with Gasteiger partial charge in [-0.2, -0.15) is 18.3 Å². The monoisotopic (exact) mass is 495 g/mol. The molecule has 1 aliphatic heterocycles. The maximum atomic E-state index is 13.1. The molecule has 1 saturated heterocycles. The van der Waals surface area contributed by atoms with Crippen LogP contribution in [0.1, 0.15) is 47.6 Å². The van der Waals surface area contributed by atoms with Crippen LogP contribution >= 0.6 is 0 Å². The normalized spacial score (nSPS) is 18.7. The third-order valence-electron chi connectivity index (χ3n) is 6.68. The summed E-state index contributed by atoms with van der Waals surface area (Å²) in [5.74, 6) is 0.665. The highest BCUT2D eigenvalue weighted by atomic mass is 19.4. The van der Waals surface area contributed by atoms with Crippen LogP contribution in [0.4, 0.5) is 19.0 Å². The zero-order valence-corrected chi connectivity index (χ0v) is 19.8. The molecule has 0 N–H and O–H groups in total. The number of hydrogen-bond donors (Lipinski definition) is 0. The van der Waals surface area contributed by atoms with Crippen molar-refractivity contribution < 1.29 is 17.9 Å². The third-order valence-corrected chi connectivity index (χ3v) is 6.68. The second kappa shape index (κ2) is 8.51. The number of aromatic nitrogens is 6. The number of aryl methyl sites for hydroxylation is 2. The third kappa shape index (κ3) is 4.27. The van der Waals surface area contributed by atoms with Crippen LogP contribution in [-0.2, 0) is 10.9 Å². The summed E-state index contributed by atoms with van der Waals surface area (Å²) in [6, 6.07) is 4.72. The van der Waals surface area contributed by atoms with Crippen molar-refractivity contribution in [3.05, 3.63) is 59.4 Å². The lowest BCUT2D eigenvalue weighted by molar-refractivity contribution is -0.141. The van der Waals surface area contributed by atoms with Gasteiger partial charge in [-0.15, -0.1) is 0 Å². The van der Waals surface area contributed by atoms with E-state index in [1.807, 2.05) is 30.8 Å². The Morgan fingerprint density at radius 3 is 2.56 bits per heavy atom. The molecule has 4 aromatic heterocycles. The quantitative estimate of drug-likeness (QED) is 0.401. The van der Waals surface area contributed by atoms with Crippen LogP contribution in [0.5, 0.6) is 0 Å². The van der Waals surface area contributed by atoms with Gasteiger partial charge in [0.2, 0.25) is 0 Å². The molecule has 1 atom stereocenters. The van der Waals surface area contributed by atoms with Crippen molar-refractivity contribution in [3.63, 3.8) is 0 Å². The van der Waals surface area contributed by atoms with Gasteiger partial charge >= 0.3 is 6.18 Å². The second-order valence-electron chi connectivity index (χ2n) is 9.31. The molecule has 36 heavy (non-hydrogen) atoms. The summed E-state index contributed by atoms with van der Waals surface area (Å²) in [6.45, 7) is 5.42. The summed E-state index contributed by atoms with van der Waals surface area (Å²) in [6.07, 6.45) is 2.74. The molecule has 2 aliphatic rings. The SMILES string of the molecule is Cc1nc2cc(N3CCO[C@@H](c4cnn(C5CC5)c4)C3)nc(-c3ccc(C(F)(F)F)nc3)c2nc1C. The van der Waals surface area contributed by atoms with Gasteiger partial charge in [0.25, 0.3) is 0 Å². The molecule has 6 rings (SSSR count). The van der Waals surface area contributed by atoms with Crippen LogP contribution in [0.25, 0.3) is 22.3 Å². The van der Waals surface area contributed by atoms with Crippen LogP contribution in [0.15, 0.2) is 36.8 Å². The van der Waals surface area contributed by atoms with Crippen molar-refractivity contribution in [3.8, 4) is 11.3 Å². The maximum absolute atomic E-state index is 13.1. The smallest absolute Gasteiger partial charge is 0.370 e. The number of anilines is 1. The Labute approximate surface area is 205 Å². The van der Waals surface area contributed by atoms with E-state index in [2.05, 4.69) is 26.2 Å². The highest BCUT2D eigenvalue weighted by Crippen LogP contribution is 2.36. The molecule has 0 bridgehead atoms. The van der Waals surface area contributed by atoms with E-state index in [1.165, 1.54) is 12.3 Å². The standard InChI is InChI=1S/C25H24F3N7O/c1-14-15(2)32-24-19(31-14)9-22(33-23(24)16-3-6-21(29-10-16)25(26,27)28)34-7-8-36-20(13-34)17-11-30-35(12-17)18-4-5-18/h3,6,9-12,18,20H,4-5,7-8,13H2,1-2H3/t20-/m1/s1. The first-order chi connectivity index (χ1) is 17.3. The lowest BCUT2D eigenvalue weighted by Crippen LogP contribution is -2.38. The molecule has 1 saturated carbocycles. The summed E-state index contributed by atoms with van der Waals surface area (Å²) in [5.41, 5.74) is 3.63. The van der Waals surface area contributed by atoms with Crippen LogP contribution < -0.4 is 4.90 Å². The number of fused-ring (bicyclic) bond motifs is 1. The van der Waals surface area contributed by atoms with Gasteiger partial charge in [0.1, 0.15) is 28.8 Å². The maximum Gasteiger partial charge on any atom is 0.433 e. The van der Waals surface area contributed by atoms with E-state index in [0.717, 1.165) is 35.9 Å². The van der Waals surface area contributed by atoms with Crippen molar-refractivity contribution in [2.24, 2.45) is 0 Å². The predicted molar refractivity (Wildman–Crippen MR) is 126 cm³/mol. The minimum atomic E-state index is -4.51. The largest absolute Gasteiger partial charge is 0.433 e. The minimum Gasteiger partial charge on any atom is -0.370 e. The summed E-state index contributed by atoms with van der Waals surface area (Å²) in [5, 5.41) is 4.49. The molecule has 0 unspecified atom stereocenters. The van der Waals surface area contributed by atoms with Crippen LogP contribution in [0, 0.1) is 13.8 Å². The zero-order valence-electron chi connectivity index (χ0n) is 19.8. The number of nitrogens with zero attached hydrogens (tertiary/aromatic N) is 7. The molecule has 4 aromatic rings. The summed E-state index contributed by atoms with van der Waals surface area (Å²) in [4.78, 5) is 20.0. The van der Waals surface area contributed by atoms with E-state index in [0.29, 0.717) is 53.8 Å². The van der Waals surface area contributed by atoms with E-state index in [4.69, 9.17) is 14.7 Å². The molecule has 8 nitrogen and oxygen atoms in total. The lowest BCUT2D eigenvalue weighted by Gasteiger charge is -2.33. The van der Waals surface area contributed by atoms with Crippen LogP contribution in [0.3, 0.4) is 0 Å². The van der Waals surface area contributed by atoms with Gasteiger partial charge in [0.15, 0.2) is 0 Å². The van der Waals surface area contributed by atoms with Crippen molar-refractivity contribution in [2.45, 2.75) is 45.0 Å². The molecule has 11 heteroatoms. The van der Waals surface area contributed by atoms with E-state index in [9.17, 15) is 13.2 Å². The van der Waals surface area contributed by atoms with Gasteiger partial charge in [-0.05, 0) is 38.8 Å². The molecule has 0 radical (unpaired) electrons. The van der Waals surface area contributed by atoms with Crippen LogP contribution in [0.2, 0.25) is 0 Å². The van der Waals surface area contributed by atoms with Crippen LogP contribution in [-0.4, -0.2) is 49.4 Å². The molecule has 1 aliphatic carbocycles. The Bertz CT molecular complexity index is 1430. The highest BCUT2D eigenvalue weighted by Gasteiger charge is 2.32. The Kier molecular flexibility index (Phi) is 5.40. The Hall–Kier alpha value is -3.60. The summed E-state index contributed by atoms with van der Waals surface area (Å²) < 4.78 is 47.3. The van der Waals surface area contributed by atoms with Gasteiger partial charge in [0.05, 0.1) is 35.8 Å². The van der Waals surface area contributed by atoms with Gasteiger partial charge in [-0.3, -0.25) is 9.67 Å². The predicted octanol–water partition coefficient (Wildman–Crippen LogP) is 4.83. The first-order valence-corrected chi connectivity index (χ1v) is 11.9. The summed E-state index contributed by atoms with van der Waals surface area (Å²) in [7, 11) is 0. The Morgan fingerprint density at radius 1 is 1.03 bits per heavy atom. The topological polar surface area (TPSA) is 81.9 Å². The van der Waals surface area contributed by atoms with Gasteiger partial charge in [-0.1, -0.05) is 0 Å². The molecular weight excluding hydrogens is 471 g/mol. The fourth-order valence-corrected chi connectivity index (χ4v) is 4.40. The van der Waals surface area contributed by atoms with Crippen molar-refractivity contribution in [1.82, 2.24) is 29.7 Å². The van der Waals surface area contributed by atoms with Crippen molar-refractivity contribution in [1.29, 1.82) is 0 Å². The number of halogens is 3. The van der Waals surface area contributed by atoms with E-state index < -0.39 is 11.9 Å². The van der Waals surface area contributed by atoms with Gasteiger partial charge in [-0.25, -0.2) is 15.0 Å². The molecule has 5 heterocycles. The van der Waals surface area contributed by atoms with E-state index >= 15 is 0 Å². The number of rotatable bonds is 4. The lowest BCUT2D eigenvalue weighted by atomic mass is 10.1. The minimum absolute atomic E-state index is 0.161. The second-order valence-corrected chi connectivity index (χ2v) is 9.31. The number of pyridine rings is 2. The Morgan fingerprint density at radius 2 is 1.83 bits per heavy atom. The summed E-state index contributed by atoms with van der Waals surface area (Å²) >= 11 is 0. The van der Waals surface area contributed by atoms with Gasteiger partial charge < -0.3 is 9.64 Å². The number of hydrogen-bond acceptors (Lipinski definition) is 7. The first kappa shape index (κ1) is 22.8. The van der Waals surface area contributed by atoms with Gasteiger partial charge in [0, 0.05) is 42.7 Å². The Balaban J connectivity index is 1.38. The fraction of sp³-hybridized carbons (Fsp3) is 0.400.